The van der Waals surface area contributed by atoms with Crippen LogP contribution in [0.2, 0.25) is 0 Å². The van der Waals surface area contributed by atoms with E-state index in [4.69, 9.17) is 0 Å². The third-order valence-electron chi connectivity index (χ3n) is 3.17. The van der Waals surface area contributed by atoms with Gasteiger partial charge in [0.1, 0.15) is 0 Å². The van der Waals surface area contributed by atoms with Gasteiger partial charge in [-0.05, 0) is 31.2 Å². The average molecular weight is 219 g/mol. The van der Waals surface area contributed by atoms with E-state index in [9.17, 15) is 5.11 Å². The van der Waals surface area contributed by atoms with Crippen molar-refractivity contribution in [3.8, 4) is 0 Å². The second-order valence-electron chi connectivity index (χ2n) is 4.68. The van der Waals surface area contributed by atoms with Crippen molar-refractivity contribution in [3.05, 3.63) is 29.8 Å². The molecule has 0 amide bonds. The maximum atomic E-state index is 9.36. The molecule has 0 heterocycles. The van der Waals surface area contributed by atoms with E-state index in [1.807, 2.05) is 12.1 Å². The van der Waals surface area contributed by atoms with Gasteiger partial charge in [-0.1, -0.05) is 25.1 Å². The summed E-state index contributed by atoms with van der Waals surface area (Å²) in [4.78, 5) is 2.43. The monoisotopic (exact) mass is 219 g/mol. The summed E-state index contributed by atoms with van der Waals surface area (Å²) in [6.07, 6.45) is 3.91. The highest BCUT2D eigenvalue weighted by Gasteiger charge is 2.24. The molecule has 1 N–H and O–H groups in total. The lowest BCUT2D eigenvalue weighted by Gasteiger charge is -2.26. The number of aliphatic hydroxyl groups excluding tert-OH is 1. The summed E-state index contributed by atoms with van der Waals surface area (Å²) in [7, 11) is 0. The molecular formula is C14H21NO. The van der Waals surface area contributed by atoms with Crippen molar-refractivity contribution < 1.29 is 5.11 Å². The van der Waals surface area contributed by atoms with Gasteiger partial charge in [-0.2, -0.15) is 0 Å². The highest BCUT2D eigenvalue weighted by Crippen LogP contribution is 2.32. The number of hydrogen-bond acceptors (Lipinski definition) is 2. The predicted molar refractivity (Wildman–Crippen MR) is 67.6 cm³/mol. The van der Waals surface area contributed by atoms with Crippen molar-refractivity contribution in [2.24, 2.45) is 5.92 Å². The molecule has 2 rings (SSSR count). The lowest BCUT2D eigenvalue weighted by atomic mass is 10.1. The first-order valence-electron chi connectivity index (χ1n) is 6.29. The van der Waals surface area contributed by atoms with Gasteiger partial charge in [0, 0.05) is 24.3 Å². The fraction of sp³-hybridized carbons (Fsp3) is 0.571. The third-order valence-corrected chi connectivity index (χ3v) is 3.17. The van der Waals surface area contributed by atoms with E-state index in [0.29, 0.717) is 0 Å². The Hall–Kier alpha value is -1.02. The number of hydrogen-bond donors (Lipinski definition) is 1. The Balaban J connectivity index is 2.14. The molecule has 1 saturated carbocycles. The molecule has 0 aliphatic heterocycles. The number of rotatable bonds is 6. The van der Waals surface area contributed by atoms with E-state index in [-0.39, 0.29) is 6.61 Å². The number of nitrogens with zero attached hydrogens (tertiary/aromatic N) is 1. The molecule has 1 aromatic carbocycles. The molecule has 1 aliphatic carbocycles. The molecule has 0 bridgehead atoms. The fourth-order valence-electron chi connectivity index (χ4n) is 2.15. The van der Waals surface area contributed by atoms with Crippen LogP contribution in [0.3, 0.4) is 0 Å². The molecule has 0 spiro atoms. The molecule has 0 unspecified atom stereocenters. The maximum absolute atomic E-state index is 9.36. The van der Waals surface area contributed by atoms with Gasteiger partial charge in [0.2, 0.25) is 0 Å². The van der Waals surface area contributed by atoms with E-state index < -0.39 is 0 Å². The topological polar surface area (TPSA) is 23.5 Å². The zero-order valence-electron chi connectivity index (χ0n) is 10.0. The van der Waals surface area contributed by atoms with Gasteiger partial charge in [0.05, 0.1) is 6.61 Å². The maximum Gasteiger partial charge on any atom is 0.0702 e. The van der Waals surface area contributed by atoms with Crippen LogP contribution >= 0.6 is 0 Å². The van der Waals surface area contributed by atoms with Gasteiger partial charge in [0.15, 0.2) is 0 Å². The first-order valence-corrected chi connectivity index (χ1v) is 6.29. The Morgan fingerprint density at radius 1 is 1.31 bits per heavy atom. The highest BCUT2D eigenvalue weighted by atomic mass is 16.3. The Labute approximate surface area is 97.9 Å². The average Bonchev–Trinajstić information content (AvgIpc) is 3.12. The highest BCUT2D eigenvalue weighted by molar-refractivity contribution is 5.53. The van der Waals surface area contributed by atoms with Crippen LogP contribution in [0.1, 0.15) is 31.7 Å². The van der Waals surface area contributed by atoms with Crippen LogP contribution in [0.15, 0.2) is 24.3 Å². The van der Waals surface area contributed by atoms with Crippen molar-refractivity contribution in [2.45, 2.75) is 32.8 Å². The van der Waals surface area contributed by atoms with Crippen molar-refractivity contribution in [1.29, 1.82) is 0 Å². The second-order valence-corrected chi connectivity index (χ2v) is 4.68. The van der Waals surface area contributed by atoms with E-state index in [2.05, 4.69) is 24.0 Å². The number of benzene rings is 1. The smallest absolute Gasteiger partial charge is 0.0702 e. The molecule has 16 heavy (non-hydrogen) atoms. The molecule has 0 aromatic heterocycles. The minimum atomic E-state index is 0.140. The van der Waals surface area contributed by atoms with Gasteiger partial charge in [0.25, 0.3) is 0 Å². The summed E-state index contributed by atoms with van der Waals surface area (Å²) in [5, 5.41) is 9.36. The first-order chi connectivity index (χ1) is 7.85. The second kappa shape index (κ2) is 5.35. The summed E-state index contributed by atoms with van der Waals surface area (Å²) in [5.41, 5.74) is 2.27. The van der Waals surface area contributed by atoms with Crippen LogP contribution < -0.4 is 4.90 Å². The standard InChI is InChI=1S/C14H21NO/c1-2-9-15(10-12-7-8-12)14-6-4-3-5-13(14)11-16/h3-6,12,16H,2,7-11H2,1H3. The van der Waals surface area contributed by atoms with Gasteiger partial charge < -0.3 is 10.0 Å². The van der Waals surface area contributed by atoms with E-state index in [0.717, 1.165) is 31.0 Å². The molecule has 0 radical (unpaired) electrons. The van der Waals surface area contributed by atoms with Crippen molar-refractivity contribution in [1.82, 2.24) is 0 Å². The Morgan fingerprint density at radius 2 is 2.06 bits per heavy atom. The van der Waals surface area contributed by atoms with Gasteiger partial charge in [-0.3, -0.25) is 0 Å². The minimum Gasteiger partial charge on any atom is -0.392 e. The lowest BCUT2D eigenvalue weighted by Crippen LogP contribution is -2.27. The lowest BCUT2D eigenvalue weighted by molar-refractivity contribution is 0.282. The van der Waals surface area contributed by atoms with Crippen LogP contribution in [0.25, 0.3) is 0 Å². The van der Waals surface area contributed by atoms with Crippen LogP contribution in [0.4, 0.5) is 5.69 Å². The molecule has 1 aromatic rings. The molecule has 0 atom stereocenters. The van der Waals surface area contributed by atoms with Crippen LogP contribution in [-0.2, 0) is 6.61 Å². The Morgan fingerprint density at radius 3 is 2.69 bits per heavy atom. The quantitative estimate of drug-likeness (QED) is 0.795. The molecule has 0 saturated heterocycles. The molecule has 1 fully saturated rings. The molecule has 88 valence electrons. The number of para-hydroxylation sites is 1. The summed E-state index contributed by atoms with van der Waals surface area (Å²) in [5.74, 6) is 0.887. The van der Waals surface area contributed by atoms with Gasteiger partial charge >= 0.3 is 0 Å². The largest absolute Gasteiger partial charge is 0.392 e. The minimum absolute atomic E-state index is 0.140. The summed E-state index contributed by atoms with van der Waals surface area (Å²) >= 11 is 0. The van der Waals surface area contributed by atoms with E-state index in [1.165, 1.54) is 18.5 Å². The Bertz CT molecular complexity index is 333. The molecule has 2 nitrogen and oxygen atoms in total. The van der Waals surface area contributed by atoms with Crippen LogP contribution in [0, 0.1) is 5.92 Å². The number of aliphatic hydroxyl groups is 1. The van der Waals surface area contributed by atoms with Crippen molar-refractivity contribution in [3.63, 3.8) is 0 Å². The molecular weight excluding hydrogens is 198 g/mol. The van der Waals surface area contributed by atoms with E-state index >= 15 is 0 Å². The van der Waals surface area contributed by atoms with Crippen molar-refractivity contribution in [2.75, 3.05) is 18.0 Å². The summed E-state index contributed by atoms with van der Waals surface area (Å²) in [6, 6.07) is 8.20. The molecule has 1 aliphatic rings. The number of anilines is 1. The van der Waals surface area contributed by atoms with Gasteiger partial charge in [-0.25, -0.2) is 0 Å². The zero-order valence-corrected chi connectivity index (χ0v) is 10.0. The fourth-order valence-corrected chi connectivity index (χ4v) is 2.15. The summed E-state index contributed by atoms with van der Waals surface area (Å²) in [6.45, 7) is 4.60. The van der Waals surface area contributed by atoms with Crippen molar-refractivity contribution >= 4 is 5.69 Å². The van der Waals surface area contributed by atoms with Gasteiger partial charge in [-0.15, -0.1) is 0 Å². The molecule has 2 heteroatoms. The predicted octanol–water partition coefficient (Wildman–Crippen LogP) is 2.81. The third kappa shape index (κ3) is 2.76. The van der Waals surface area contributed by atoms with E-state index in [1.54, 1.807) is 0 Å². The normalized spacial score (nSPS) is 15.1. The first kappa shape index (κ1) is 11.5. The van der Waals surface area contributed by atoms with Crippen LogP contribution in [0.5, 0.6) is 0 Å². The van der Waals surface area contributed by atoms with Crippen LogP contribution in [-0.4, -0.2) is 18.2 Å². The Kier molecular flexibility index (Phi) is 3.83. The summed E-state index contributed by atoms with van der Waals surface area (Å²) < 4.78 is 0. The SMILES string of the molecule is CCCN(CC1CC1)c1ccccc1CO. The zero-order chi connectivity index (χ0) is 11.4.